The Morgan fingerprint density at radius 1 is 1.40 bits per heavy atom. The summed E-state index contributed by atoms with van der Waals surface area (Å²) >= 11 is 0. The zero-order chi connectivity index (χ0) is 10.7. The van der Waals surface area contributed by atoms with Crippen LogP contribution in [0.15, 0.2) is 41.1 Å². The highest BCUT2D eigenvalue weighted by atomic mass is 16.3. The van der Waals surface area contributed by atoms with Crippen LogP contribution in [0.1, 0.15) is 10.4 Å². The van der Waals surface area contributed by atoms with Crippen LogP contribution in [0.4, 0.5) is 0 Å². The second-order valence-corrected chi connectivity index (χ2v) is 3.01. The molecule has 0 aliphatic heterocycles. The number of hydrogen-bond donors (Lipinski definition) is 1. The Labute approximate surface area is 86.7 Å². The summed E-state index contributed by atoms with van der Waals surface area (Å²) in [6.45, 7) is -0.0161. The van der Waals surface area contributed by atoms with Gasteiger partial charge in [0, 0.05) is 11.1 Å². The molecule has 2 N–H and O–H groups in total. The van der Waals surface area contributed by atoms with Gasteiger partial charge in [0.15, 0.2) is 5.78 Å². The Morgan fingerprint density at radius 2 is 2.20 bits per heavy atom. The first-order valence-electron chi connectivity index (χ1n) is 4.55. The Hall–Kier alpha value is -1.94. The summed E-state index contributed by atoms with van der Waals surface area (Å²) in [6.07, 6.45) is 3.01. The summed E-state index contributed by atoms with van der Waals surface area (Å²) in [4.78, 5) is 15.5. The van der Waals surface area contributed by atoms with Crippen molar-refractivity contribution in [3.05, 3.63) is 42.3 Å². The number of hydrogen-bond acceptors (Lipinski definition) is 4. The molecular formula is C11H10N2O2. The number of ketones is 1. The average Bonchev–Trinajstić information content (AvgIpc) is 2.81. The first-order chi connectivity index (χ1) is 7.33. The number of benzene rings is 1. The molecule has 0 spiro atoms. The van der Waals surface area contributed by atoms with Gasteiger partial charge in [0.05, 0.1) is 12.7 Å². The van der Waals surface area contributed by atoms with Gasteiger partial charge in [-0.2, -0.15) is 0 Å². The van der Waals surface area contributed by atoms with E-state index >= 15 is 0 Å². The number of nitrogens with two attached hydrogens (primary N) is 1. The van der Waals surface area contributed by atoms with Gasteiger partial charge in [-0.1, -0.05) is 18.2 Å². The summed E-state index contributed by atoms with van der Waals surface area (Å²) in [5.41, 5.74) is 6.55. The van der Waals surface area contributed by atoms with E-state index in [0.717, 1.165) is 0 Å². The van der Waals surface area contributed by atoms with E-state index in [1.165, 1.54) is 6.26 Å². The molecule has 1 aromatic carbocycles. The highest BCUT2D eigenvalue weighted by molar-refractivity contribution is 6.02. The minimum absolute atomic E-state index is 0.0161. The largest absolute Gasteiger partial charge is 0.445 e. The van der Waals surface area contributed by atoms with Crippen LogP contribution < -0.4 is 5.73 Å². The van der Waals surface area contributed by atoms with Crippen molar-refractivity contribution in [3.63, 3.8) is 0 Å². The molecule has 1 aromatic heterocycles. The van der Waals surface area contributed by atoms with Gasteiger partial charge in [-0.3, -0.25) is 4.79 Å². The molecule has 2 aromatic rings. The van der Waals surface area contributed by atoms with E-state index in [-0.39, 0.29) is 12.3 Å². The van der Waals surface area contributed by atoms with Gasteiger partial charge in [-0.05, 0) is 6.07 Å². The molecule has 0 saturated heterocycles. The fourth-order valence-corrected chi connectivity index (χ4v) is 1.38. The smallest absolute Gasteiger partial charge is 0.226 e. The fourth-order valence-electron chi connectivity index (χ4n) is 1.38. The van der Waals surface area contributed by atoms with Gasteiger partial charge in [-0.25, -0.2) is 4.98 Å². The van der Waals surface area contributed by atoms with Crippen molar-refractivity contribution in [1.82, 2.24) is 4.98 Å². The Balaban J connectivity index is 2.52. The fraction of sp³-hybridized carbons (Fsp3) is 0.0909. The third kappa shape index (κ3) is 1.80. The molecule has 15 heavy (non-hydrogen) atoms. The summed E-state index contributed by atoms with van der Waals surface area (Å²) in [6, 6.07) is 7.12. The molecule has 0 atom stereocenters. The van der Waals surface area contributed by atoms with Crippen molar-refractivity contribution >= 4 is 5.78 Å². The molecule has 4 nitrogen and oxygen atoms in total. The van der Waals surface area contributed by atoms with E-state index in [9.17, 15) is 4.79 Å². The molecular weight excluding hydrogens is 192 g/mol. The van der Waals surface area contributed by atoms with Crippen LogP contribution in [0.3, 0.4) is 0 Å². The zero-order valence-corrected chi connectivity index (χ0v) is 8.01. The van der Waals surface area contributed by atoms with Crippen molar-refractivity contribution < 1.29 is 9.21 Å². The van der Waals surface area contributed by atoms with Crippen molar-refractivity contribution in [1.29, 1.82) is 0 Å². The number of oxazole rings is 1. The number of rotatable bonds is 3. The molecule has 2 rings (SSSR count). The first kappa shape index (κ1) is 9.61. The number of Topliss-reactive ketones (excluding diaryl/α,β-unsaturated/α-hetero) is 1. The second kappa shape index (κ2) is 4.06. The van der Waals surface area contributed by atoms with Crippen molar-refractivity contribution in [2.45, 2.75) is 0 Å². The number of carbonyl (C=O) groups is 1. The van der Waals surface area contributed by atoms with E-state index in [0.29, 0.717) is 17.0 Å². The molecule has 0 aliphatic rings. The molecule has 0 fully saturated rings. The molecule has 0 bridgehead atoms. The minimum atomic E-state index is -0.121. The van der Waals surface area contributed by atoms with Crippen LogP contribution in [0, 0.1) is 0 Å². The van der Waals surface area contributed by atoms with Crippen LogP contribution in [0.25, 0.3) is 11.5 Å². The molecule has 0 aliphatic carbocycles. The quantitative estimate of drug-likeness (QED) is 0.765. The van der Waals surface area contributed by atoms with E-state index in [1.807, 2.05) is 6.07 Å². The summed E-state index contributed by atoms with van der Waals surface area (Å²) < 4.78 is 5.15. The average molecular weight is 202 g/mol. The lowest BCUT2D eigenvalue weighted by Gasteiger charge is -2.03. The minimum Gasteiger partial charge on any atom is -0.445 e. The van der Waals surface area contributed by atoms with Crippen molar-refractivity contribution in [3.8, 4) is 11.5 Å². The first-order valence-corrected chi connectivity index (χ1v) is 4.55. The van der Waals surface area contributed by atoms with Crippen LogP contribution in [0.2, 0.25) is 0 Å². The third-order valence-corrected chi connectivity index (χ3v) is 2.08. The lowest BCUT2D eigenvalue weighted by molar-refractivity contribution is 0.100. The summed E-state index contributed by atoms with van der Waals surface area (Å²) in [5.74, 6) is 0.316. The van der Waals surface area contributed by atoms with Gasteiger partial charge in [0.2, 0.25) is 5.89 Å². The maximum atomic E-state index is 11.5. The standard InChI is InChI=1S/C11H10N2O2/c12-7-10(14)8-3-1-2-4-9(8)11-13-5-6-15-11/h1-6H,7,12H2. The molecule has 1 heterocycles. The Bertz CT molecular complexity index is 463. The molecule has 0 unspecified atom stereocenters. The highest BCUT2D eigenvalue weighted by Gasteiger charge is 2.13. The Morgan fingerprint density at radius 3 is 2.87 bits per heavy atom. The molecule has 4 heteroatoms. The van der Waals surface area contributed by atoms with Gasteiger partial charge in [0.1, 0.15) is 6.26 Å². The number of carbonyl (C=O) groups excluding carboxylic acids is 1. The lowest BCUT2D eigenvalue weighted by atomic mass is 10.0. The van der Waals surface area contributed by atoms with Gasteiger partial charge in [0.25, 0.3) is 0 Å². The van der Waals surface area contributed by atoms with E-state index < -0.39 is 0 Å². The topological polar surface area (TPSA) is 69.1 Å². The second-order valence-electron chi connectivity index (χ2n) is 3.01. The van der Waals surface area contributed by atoms with E-state index in [4.69, 9.17) is 10.2 Å². The molecule has 76 valence electrons. The van der Waals surface area contributed by atoms with Crippen LogP contribution in [0.5, 0.6) is 0 Å². The lowest BCUT2D eigenvalue weighted by Crippen LogP contribution is -2.14. The van der Waals surface area contributed by atoms with E-state index in [2.05, 4.69) is 4.98 Å². The summed E-state index contributed by atoms with van der Waals surface area (Å²) in [7, 11) is 0. The SMILES string of the molecule is NCC(=O)c1ccccc1-c1ncco1. The predicted molar refractivity (Wildman–Crippen MR) is 55.3 cm³/mol. The van der Waals surface area contributed by atoms with Gasteiger partial charge in [-0.15, -0.1) is 0 Å². The van der Waals surface area contributed by atoms with Crippen molar-refractivity contribution in [2.75, 3.05) is 6.54 Å². The maximum Gasteiger partial charge on any atom is 0.226 e. The predicted octanol–water partition coefficient (Wildman–Crippen LogP) is 1.48. The molecule has 0 radical (unpaired) electrons. The Kier molecular flexibility index (Phi) is 2.60. The number of nitrogens with zero attached hydrogens (tertiary/aromatic N) is 1. The van der Waals surface area contributed by atoms with Crippen LogP contribution in [-0.4, -0.2) is 17.3 Å². The normalized spacial score (nSPS) is 10.2. The summed E-state index contributed by atoms with van der Waals surface area (Å²) in [5, 5.41) is 0. The number of aromatic nitrogens is 1. The van der Waals surface area contributed by atoms with E-state index in [1.54, 1.807) is 24.4 Å². The molecule has 0 amide bonds. The third-order valence-electron chi connectivity index (χ3n) is 2.08. The monoisotopic (exact) mass is 202 g/mol. The van der Waals surface area contributed by atoms with Gasteiger partial charge < -0.3 is 10.2 Å². The maximum absolute atomic E-state index is 11.5. The van der Waals surface area contributed by atoms with Crippen molar-refractivity contribution in [2.24, 2.45) is 5.73 Å². The molecule has 0 saturated carbocycles. The highest BCUT2D eigenvalue weighted by Crippen LogP contribution is 2.21. The van der Waals surface area contributed by atoms with Gasteiger partial charge >= 0.3 is 0 Å². The zero-order valence-electron chi connectivity index (χ0n) is 8.01. The van der Waals surface area contributed by atoms with Crippen LogP contribution >= 0.6 is 0 Å². The van der Waals surface area contributed by atoms with Crippen LogP contribution in [-0.2, 0) is 0 Å².